The average molecular weight is 260 g/mol. The van der Waals surface area contributed by atoms with Crippen LogP contribution in [0.1, 0.15) is 17.3 Å². The minimum Gasteiger partial charge on any atom is -0.462 e. The first kappa shape index (κ1) is 13.1. The van der Waals surface area contributed by atoms with Gasteiger partial charge >= 0.3 is 5.97 Å². The highest BCUT2D eigenvalue weighted by Gasteiger charge is 2.14. The van der Waals surface area contributed by atoms with Crippen molar-refractivity contribution in [2.24, 2.45) is 0 Å². The van der Waals surface area contributed by atoms with Crippen molar-refractivity contribution in [3.8, 4) is 0 Å². The highest BCUT2D eigenvalue weighted by Crippen LogP contribution is 2.17. The van der Waals surface area contributed by atoms with Gasteiger partial charge in [0.1, 0.15) is 5.56 Å². The number of rotatable bonds is 3. The molecule has 0 aliphatic carbocycles. The largest absolute Gasteiger partial charge is 0.462 e. The summed E-state index contributed by atoms with van der Waals surface area (Å²) in [4.78, 5) is 28.8. The zero-order valence-corrected chi connectivity index (χ0v) is 11.2. The fourth-order valence-electron chi connectivity index (χ4n) is 1.85. The molecule has 5 heteroatoms. The monoisotopic (exact) mass is 260 g/mol. The van der Waals surface area contributed by atoms with Gasteiger partial charge in [-0.25, -0.2) is 4.79 Å². The third-order valence-electron chi connectivity index (χ3n) is 2.88. The molecule has 19 heavy (non-hydrogen) atoms. The molecule has 0 aliphatic heterocycles. The molecule has 1 aromatic carbocycles. The minimum absolute atomic E-state index is 0.0326. The maximum atomic E-state index is 12.3. The van der Waals surface area contributed by atoms with Crippen LogP contribution in [0.25, 0.3) is 10.9 Å². The van der Waals surface area contributed by atoms with Crippen molar-refractivity contribution in [1.82, 2.24) is 4.98 Å². The Morgan fingerprint density at radius 3 is 2.74 bits per heavy atom. The Balaban J connectivity index is 2.62. The summed E-state index contributed by atoms with van der Waals surface area (Å²) in [7, 11) is 3.79. The van der Waals surface area contributed by atoms with Crippen molar-refractivity contribution >= 4 is 22.6 Å². The first-order chi connectivity index (χ1) is 9.04. The first-order valence-electron chi connectivity index (χ1n) is 6.04. The van der Waals surface area contributed by atoms with Gasteiger partial charge in [0.2, 0.25) is 5.43 Å². The molecule has 2 rings (SSSR count). The summed E-state index contributed by atoms with van der Waals surface area (Å²) < 4.78 is 4.87. The Bertz CT molecular complexity index is 674. The Hall–Kier alpha value is -2.30. The third-order valence-corrected chi connectivity index (χ3v) is 2.88. The summed E-state index contributed by atoms with van der Waals surface area (Å²) >= 11 is 0. The van der Waals surface area contributed by atoms with Crippen LogP contribution < -0.4 is 10.3 Å². The van der Waals surface area contributed by atoms with Gasteiger partial charge in [-0.2, -0.15) is 0 Å². The number of hydrogen-bond acceptors (Lipinski definition) is 4. The molecule has 5 nitrogen and oxygen atoms in total. The SMILES string of the molecule is CCOC(=O)c1c[nH]c2ccc(N(C)C)cc2c1=O. The van der Waals surface area contributed by atoms with Crippen molar-refractivity contribution in [3.63, 3.8) is 0 Å². The van der Waals surface area contributed by atoms with E-state index in [0.717, 1.165) is 5.69 Å². The maximum Gasteiger partial charge on any atom is 0.343 e. The number of aromatic nitrogens is 1. The van der Waals surface area contributed by atoms with Crippen molar-refractivity contribution in [2.45, 2.75) is 6.92 Å². The zero-order chi connectivity index (χ0) is 14.0. The molecule has 1 N–H and O–H groups in total. The Labute approximate surface area is 110 Å². The van der Waals surface area contributed by atoms with Crippen LogP contribution in [0.4, 0.5) is 5.69 Å². The lowest BCUT2D eigenvalue weighted by atomic mass is 10.1. The molecule has 0 amide bonds. The predicted molar refractivity (Wildman–Crippen MR) is 74.9 cm³/mol. The van der Waals surface area contributed by atoms with E-state index in [2.05, 4.69) is 4.98 Å². The normalized spacial score (nSPS) is 10.5. The van der Waals surface area contributed by atoms with E-state index in [1.54, 1.807) is 13.0 Å². The van der Waals surface area contributed by atoms with E-state index in [-0.39, 0.29) is 17.6 Å². The molecule has 0 spiro atoms. The lowest BCUT2D eigenvalue weighted by Gasteiger charge is -2.13. The number of nitrogens with zero attached hydrogens (tertiary/aromatic N) is 1. The topological polar surface area (TPSA) is 62.4 Å². The summed E-state index contributed by atoms with van der Waals surface area (Å²) in [5.74, 6) is -0.596. The van der Waals surface area contributed by atoms with Gasteiger partial charge in [-0.15, -0.1) is 0 Å². The lowest BCUT2D eigenvalue weighted by Crippen LogP contribution is -2.18. The van der Waals surface area contributed by atoms with E-state index < -0.39 is 5.97 Å². The Morgan fingerprint density at radius 1 is 1.37 bits per heavy atom. The Morgan fingerprint density at radius 2 is 2.11 bits per heavy atom. The molecule has 0 radical (unpaired) electrons. The van der Waals surface area contributed by atoms with Crippen LogP contribution in [0.5, 0.6) is 0 Å². The van der Waals surface area contributed by atoms with Gasteiger partial charge in [-0.1, -0.05) is 0 Å². The maximum absolute atomic E-state index is 12.3. The van der Waals surface area contributed by atoms with Crippen molar-refractivity contribution in [3.05, 3.63) is 40.2 Å². The van der Waals surface area contributed by atoms with Gasteiger partial charge in [0.15, 0.2) is 0 Å². The molecule has 0 bridgehead atoms. The number of esters is 1. The highest BCUT2D eigenvalue weighted by molar-refractivity contribution is 5.94. The summed E-state index contributed by atoms with van der Waals surface area (Å²) in [5.41, 5.74) is 1.32. The predicted octanol–water partition coefficient (Wildman–Crippen LogP) is 1.77. The van der Waals surface area contributed by atoms with Crippen LogP contribution in [0.2, 0.25) is 0 Å². The van der Waals surface area contributed by atoms with Gasteiger partial charge in [0.05, 0.1) is 6.61 Å². The smallest absolute Gasteiger partial charge is 0.343 e. The second-order valence-electron chi connectivity index (χ2n) is 4.38. The number of pyridine rings is 1. The second kappa shape index (κ2) is 5.14. The van der Waals surface area contributed by atoms with E-state index in [1.807, 2.05) is 31.1 Å². The van der Waals surface area contributed by atoms with Crippen molar-refractivity contribution in [2.75, 3.05) is 25.6 Å². The van der Waals surface area contributed by atoms with Crippen LogP contribution in [0.15, 0.2) is 29.2 Å². The second-order valence-corrected chi connectivity index (χ2v) is 4.38. The summed E-state index contributed by atoms with van der Waals surface area (Å²) in [6, 6.07) is 5.49. The third kappa shape index (κ3) is 2.45. The van der Waals surface area contributed by atoms with Gasteiger partial charge in [-0.05, 0) is 25.1 Å². The molecular formula is C14H16N2O3. The quantitative estimate of drug-likeness (QED) is 0.854. The van der Waals surface area contributed by atoms with Crippen LogP contribution in [0.3, 0.4) is 0 Å². The lowest BCUT2D eigenvalue weighted by molar-refractivity contribution is 0.0524. The van der Waals surface area contributed by atoms with Gasteiger partial charge in [-0.3, -0.25) is 4.79 Å². The number of anilines is 1. The fraction of sp³-hybridized carbons (Fsp3) is 0.286. The average Bonchev–Trinajstić information content (AvgIpc) is 2.39. The number of aromatic amines is 1. The van der Waals surface area contributed by atoms with E-state index in [1.165, 1.54) is 6.20 Å². The Kier molecular flexibility index (Phi) is 3.55. The van der Waals surface area contributed by atoms with Crippen LogP contribution in [-0.4, -0.2) is 31.7 Å². The molecule has 0 atom stereocenters. The number of carbonyl (C=O) groups excluding carboxylic acids is 1. The molecule has 1 heterocycles. The summed E-state index contributed by atoms with van der Waals surface area (Å²) in [6.45, 7) is 1.95. The first-order valence-corrected chi connectivity index (χ1v) is 6.04. The number of carbonyl (C=O) groups is 1. The number of nitrogens with one attached hydrogen (secondary N) is 1. The minimum atomic E-state index is -0.596. The number of hydrogen-bond donors (Lipinski definition) is 1. The zero-order valence-electron chi connectivity index (χ0n) is 11.2. The molecule has 0 aliphatic rings. The van der Waals surface area contributed by atoms with Crippen LogP contribution in [0, 0.1) is 0 Å². The summed E-state index contributed by atoms with van der Waals surface area (Å²) in [6.07, 6.45) is 1.40. The summed E-state index contributed by atoms with van der Waals surface area (Å²) in [5, 5.41) is 0.483. The molecule has 0 fully saturated rings. The number of fused-ring (bicyclic) bond motifs is 1. The molecule has 1 aromatic heterocycles. The molecule has 0 saturated heterocycles. The number of benzene rings is 1. The highest BCUT2D eigenvalue weighted by atomic mass is 16.5. The van der Waals surface area contributed by atoms with E-state index in [9.17, 15) is 9.59 Å². The molecule has 2 aromatic rings. The number of ether oxygens (including phenoxy) is 1. The number of H-pyrrole nitrogens is 1. The fourth-order valence-corrected chi connectivity index (χ4v) is 1.85. The van der Waals surface area contributed by atoms with Gasteiger partial charge in [0.25, 0.3) is 0 Å². The molecule has 0 unspecified atom stereocenters. The van der Waals surface area contributed by atoms with Crippen molar-refractivity contribution in [1.29, 1.82) is 0 Å². The van der Waals surface area contributed by atoms with Gasteiger partial charge < -0.3 is 14.6 Å². The molecular weight excluding hydrogens is 244 g/mol. The standard InChI is InChI=1S/C14H16N2O3/c1-4-19-14(18)11-8-15-12-6-5-9(16(2)3)7-10(12)13(11)17/h5-8H,4H2,1-3H3,(H,15,17). The molecule has 0 saturated carbocycles. The van der Waals surface area contributed by atoms with Crippen LogP contribution in [-0.2, 0) is 4.74 Å². The van der Waals surface area contributed by atoms with E-state index in [0.29, 0.717) is 10.9 Å². The van der Waals surface area contributed by atoms with Crippen LogP contribution >= 0.6 is 0 Å². The van der Waals surface area contributed by atoms with Gasteiger partial charge in [0, 0.05) is 36.9 Å². The van der Waals surface area contributed by atoms with Crippen molar-refractivity contribution < 1.29 is 9.53 Å². The van der Waals surface area contributed by atoms with E-state index >= 15 is 0 Å². The van der Waals surface area contributed by atoms with E-state index in [4.69, 9.17) is 4.74 Å². The molecule has 100 valence electrons.